The van der Waals surface area contributed by atoms with Gasteiger partial charge in [-0.15, -0.1) is 22.7 Å². The van der Waals surface area contributed by atoms with E-state index in [1.165, 1.54) is 11.8 Å². The minimum absolute atomic E-state index is 0.166. The molecule has 30 heavy (non-hydrogen) atoms. The number of carbonyl (C=O) groups is 2. The fraction of sp³-hybridized carbons (Fsp3) is 0.0952. The van der Waals surface area contributed by atoms with Crippen molar-refractivity contribution in [3.8, 4) is 21.1 Å². The van der Waals surface area contributed by atoms with Crippen molar-refractivity contribution in [2.75, 3.05) is 18.1 Å². The monoisotopic (exact) mass is 454 g/mol. The van der Waals surface area contributed by atoms with Gasteiger partial charge in [-0.3, -0.25) is 9.59 Å². The maximum absolute atomic E-state index is 12.4. The summed E-state index contributed by atoms with van der Waals surface area (Å²) in [4.78, 5) is 34.4. The molecule has 0 saturated heterocycles. The topological polar surface area (TPSA) is 86.9 Å². The number of nitrogens with one attached hydrogen (secondary N) is 3. The van der Waals surface area contributed by atoms with Crippen molar-refractivity contribution in [1.29, 1.82) is 0 Å². The third kappa shape index (κ3) is 4.64. The minimum Gasteiger partial charge on any atom is -0.355 e. The Balaban J connectivity index is 1.46. The van der Waals surface area contributed by atoms with Crippen molar-refractivity contribution in [2.45, 2.75) is 5.16 Å². The van der Waals surface area contributed by atoms with Crippen LogP contribution in [0, 0.1) is 0 Å². The SMILES string of the molecule is CNC(=O)c1cccc(NC(=O)CSc2nc(-c3cccs3)c(-c3cccs3)[nH]2)c1. The first kappa shape index (κ1) is 20.4. The van der Waals surface area contributed by atoms with Gasteiger partial charge in [0.2, 0.25) is 5.91 Å². The van der Waals surface area contributed by atoms with Gasteiger partial charge in [-0.2, -0.15) is 0 Å². The molecule has 0 fully saturated rings. The zero-order valence-electron chi connectivity index (χ0n) is 16.0. The molecule has 6 nitrogen and oxygen atoms in total. The molecule has 0 aliphatic rings. The van der Waals surface area contributed by atoms with Crippen molar-refractivity contribution in [3.63, 3.8) is 0 Å². The molecule has 0 aliphatic carbocycles. The van der Waals surface area contributed by atoms with E-state index in [2.05, 4.69) is 21.7 Å². The van der Waals surface area contributed by atoms with Gasteiger partial charge in [0.25, 0.3) is 5.91 Å². The number of hydrogen-bond acceptors (Lipinski definition) is 6. The van der Waals surface area contributed by atoms with E-state index in [9.17, 15) is 9.59 Å². The number of thioether (sulfide) groups is 1. The molecule has 0 bridgehead atoms. The molecule has 3 heterocycles. The molecule has 3 aromatic heterocycles. The van der Waals surface area contributed by atoms with Crippen LogP contribution < -0.4 is 10.6 Å². The van der Waals surface area contributed by atoms with Crippen molar-refractivity contribution in [3.05, 3.63) is 64.9 Å². The summed E-state index contributed by atoms with van der Waals surface area (Å²) < 4.78 is 0. The van der Waals surface area contributed by atoms with Crippen LogP contribution in [0.4, 0.5) is 5.69 Å². The number of nitrogens with zero attached hydrogens (tertiary/aromatic N) is 1. The first-order valence-electron chi connectivity index (χ1n) is 9.06. The number of hydrogen-bond donors (Lipinski definition) is 3. The number of carbonyl (C=O) groups excluding carboxylic acids is 2. The van der Waals surface area contributed by atoms with Crippen LogP contribution in [-0.4, -0.2) is 34.6 Å². The molecule has 0 unspecified atom stereocenters. The second-order valence-electron chi connectivity index (χ2n) is 6.22. The number of rotatable bonds is 7. The van der Waals surface area contributed by atoms with Crippen molar-refractivity contribution in [1.82, 2.24) is 15.3 Å². The van der Waals surface area contributed by atoms with Gasteiger partial charge in [0, 0.05) is 18.3 Å². The quantitative estimate of drug-likeness (QED) is 0.345. The zero-order valence-corrected chi connectivity index (χ0v) is 18.4. The van der Waals surface area contributed by atoms with Crippen LogP contribution in [0.1, 0.15) is 10.4 Å². The Labute approximate surface area is 185 Å². The first-order valence-corrected chi connectivity index (χ1v) is 11.8. The van der Waals surface area contributed by atoms with Crippen LogP contribution >= 0.6 is 34.4 Å². The average Bonchev–Trinajstić information content (AvgIpc) is 3.52. The standard InChI is InChI=1S/C21H18N4O2S3/c1-22-20(27)13-5-2-6-14(11-13)23-17(26)12-30-21-24-18(15-7-3-9-28-15)19(25-21)16-8-4-10-29-16/h2-11H,12H2,1H3,(H,22,27)(H,23,26)(H,24,25). The van der Waals surface area contributed by atoms with E-state index in [1.807, 2.05) is 29.0 Å². The van der Waals surface area contributed by atoms with Crippen molar-refractivity contribution >= 4 is 51.9 Å². The molecule has 9 heteroatoms. The molecular formula is C21H18N4O2S3. The van der Waals surface area contributed by atoms with E-state index < -0.39 is 0 Å². The van der Waals surface area contributed by atoms with Gasteiger partial charge >= 0.3 is 0 Å². The van der Waals surface area contributed by atoms with Gasteiger partial charge in [-0.1, -0.05) is 30.0 Å². The Hall–Kier alpha value is -2.88. The number of H-pyrrole nitrogens is 1. The molecule has 0 spiro atoms. The summed E-state index contributed by atoms with van der Waals surface area (Å²) in [6, 6.07) is 14.9. The number of aromatic nitrogens is 2. The fourth-order valence-corrected chi connectivity index (χ4v) is 4.94. The summed E-state index contributed by atoms with van der Waals surface area (Å²) in [6.45, 7) is 0. The van der Waals surface area contributed by atoms with E-state index in [4.69, 9.17) is 4.98 Å². The number of anilines is 1. The molecule has 4 rings (SSSR count). The van der Waals surface area contributed by atoms with Gasteiger partial charge < -0.3 is 15.6 Å². The van der Waals surface area contributed by atoms with Crippen LogP contribution in [0.15, 0.2) is 64.4 Å². The fourth-order valence-electron chi connectivity index (χ4n) is 2.82. The van der Waals surface area contributed by atoms with Crippen LogP contribution in [-0.2, 0) is 4.79 Å². The number of thiophene rings is 2. The summed E-state index contributed by atoms with van der Waals surface area (Å²) in [7, 11) is 1.57. The molecule has 0 radical (unpaired) electrons. The molecule has 152 valence electrons. The maximum atomic E-state index is 12.4. The second-order valence-corrected chi connectivity index (χ2v) is 9.08. The van der Waals surface area contributed by atoms with Crippen LogP contribution in [0.2, 0.25) is 0 Å². The lowest BCUT2D eigenvalue weighted by atomic mass is 10.2. The highest BCUT2D eigenvalue weighted by Gasteiger charge is 2.17. The van der Waals surface area contributed by atoms with Crippen molar-refractivity contribution in [2.24, 2.45) is 0 Å². The van der Waals surface area contributed by atoms with Gasteiger partial charge in [0.1, 0.15) is 5.69 Å². The highest BCUT2D eigenvalue weighted by Crippen LogP contribution is 2.36. The normalized spacial score (nSPS) is 10.7. The van der Waals surface area contributed by atoms with E-state index in [0.29, 0.717) is 16.4 Å². The van der Waals surface area contributed by atoms with Gasteiger partial charge in [-0.25, -0.2) is 4.98 Å². The Morgan fingerprint density at radius 1 is 1.07 bits per heavy atom. The summed E-state index contributed by atoms with van der Waals surface area (Å²) in [5.74, 6) is -0.162. The molecule has 1 aromatic carbocycles. The van der Waals surface area contributed by atoms with E-state index in [0.717, 1.165) is 21.1 Å². The van der Waals surface area contributed by atoms with Gasteiger partial charge in [-0.05, 0) is 41.1 Å². The molecular weight excluding hydrogens is 436 g/mol. The van der Waals surface area contributed by atoms with Crippen LogP contribution in [0.25, 0.3) is 21.1 Å². The Morgan fingerprint density at radius 3 is 2.53 bits per heavy atom. The Kier molecular flexibility index (Phi) is 6.32. The number of aromatic amines is 1. The lowest BCUT2D eigenvalue weighted by molar-refractivity contribution is -0.113. The molecule has 4 aromatic rings. The number of amides is 2. The Morgan fingerprint density at radius 2 is 1.83 bits per heavy atom. The molecule has 0 atom stereocenters. The van der Waals surface area contributed by atoms with Gasteiger partial charge in [0.15, 0.2) is 5.16 Å². The highest BCUT2D eigenvalue weighted by atomic mass is 32.2. The van der Waals surface area contributed by atoms with Gasteiger partial charge in [0.05, 0.1) is 21.2 Å². The molecule has 0 saturated carbocycles. The largest absolute Gasteiger partial charge is 0.355 e. The molecule has 3 N–H and O–H groups in total. The third-order valence-corrected chi connectivity index (χ3v) is 6.82. The van der Waals surface area contributed by atoms with E-state index in [1.54, 1.807) is 54.0 Å². The smallest absolute Gasteiger partial charge is 0.251 e. The van der Waals surface area contributed by atoms with E-state index in [-0.39, 0.29) is 17.6 Å². The molecule has 2 amide bonds. The lowest BCUT2D eigenvalue weighted by Crippen LogP contribution is -2.19. The Bertz CT molecular complexity index is 1100. The predicted molar refractivity (Wildman–Crippen MR) is 124 cm³/mol. The maximum Gasteiger partial charge on any atom is 0.251 e. The average molecular weight is 455 g/mol. The number of imidazole rings is 1. The van der Waals surface area contributed by atoms with Crippen LogP contribution in [0.5, 0.6) is 0 Å². The lowest BCUT2D eigenvalue weighted by Gasteiger charge is -2.06. The van der Waals surface area contributed by atoms with Crippen molar-refractivity contribution < 1.29 is 9.59 Å². The number of benzene rings is 1. The summed E-state index contributed by atoms with van der Waals surface area (Å²) in [6.07, 6.45) is 0. The summed E-state index contributed by atoms with van der Waals surface area (Å²) in [5, 5.41) is 10.1. The summed E-state index contributed by atoms with van der Waals surface area (Å²) >= 11 is 4.62. The van der Waals surface area contributed by atoms with E-state index >= 15 is 0 Å². The predicted octanol–water partition coefficient (Wildman–Crippen LogP) is 4.96. The third-order valence-electron chi connectivity index (χ3n) is 4.18. The van der Waals surface area contributed by atoms with Crippen LogP contribution in [0.3, 0.4) is 0 Å². The summed E-state index contributed by atoms with van der Waals surface area (Å²) in [5.41, 5.74) is 2.94. The molecule has 0 aliphatic heterocycles. The highest BCUT2D eigenvalue weighted by molar-refractivity contribution is 7.99. The first-order chi connectivity index (χ1) is 14.6. The second kappa shape index (κ2) is 9.29. The minimum atomic E-state index is -0.196. The zero-order chi connectivity index (χ0) is 20.9.